The van der Waals surface area contributed by atoms with Gasteiger partial charge in [-0.25, -0.2) is 4.79 Å². The molecule has 228 valence electrons. The van der Waals surface area contributed by atoms with Crippen LogP contribution in [0.25, 0.3) is 0 Å². The van der Waals surface area contributed by atoms with Crippen molar-refractivity contribution in [3.05, 3.63) is 89.5 Å². The third-order valence-electron chi connectivity index (χ3n) is 8.70. The summed E-state index contributed by atoms with van der Waals surface area (Å²) in [6.45, 7) is 14.3. The number of carbonyl (C=O) groups excluding carboxylic acids is 1. The van der Waals surface area contributed by atoms with Gasteiger partial charge < -0.3 is 14.2 Å². The molecule has 3 aromatic rings. The number of benzene rings is 3. The maximum atomic E-state index is 13.4. The topological polar surface area (TPSA) is 44.8 Å². The second kappa shape index (κ2) is 13.7. The van der Waals surface area contributed by atoms with Crippen LogP contribution in [0, 0.1) is 11.8 Å². The van der Waals surface area contributed by atoms with Crippen molar-refractivity contribution in [3.8, 4) is 29.1 Å². The summed E-state index contributed by atoms with van der Waals surface area (Å²) in [7, 11) is 0. The number of carbonyl (C=O) groups is 1. The fraction of sp³-hybridized carbons (Fsp3) is 0.462. The molecule has 4 heteroatoms. The third-order valence-corrected chi connectivity index (χ3v) is 8.70. The van der Waals surface area contributed by atoms with E-state index in [4.69, 9.17) is 14.2 Å². The summed E-state index contributed by atoms with van der Waals surface area (Å²) < 4.78 is 18.1. The molecule has 0 bridgehead atoms. The van der Waals surface area contributed by atoms with E-state index in [-0.39, 0.29) is 16.9 Å². The maximum absolute atomic E-state index is 13.4. The molecule has 0 heterocycles. The minimum absolute atomic E-state index is 0.0496. The molecule has 0 spiro atoms. The molecule has 0 amide bonds. The van der Waals surface area contributed by atoms with Crippen LogP contribution in [-0.4, -0.2) is 17.7 Å². The number of rotatable bonds is 9. The van der Waals surface area contributed by atoms with Crippen molar-refractivity contribution in [2.75, 3.05) is 0 Å². The van der Waals surface area contributed by atoms with Gasteiger partial charge in [0, 0.05) is 11.8 Å². The molecular weight excluding hydrogens is 532 g/mol. The Balaban J connectivity index is 1.49. The minimum Gasteiger partial charge on any atom is -0.478 e. The van der Waals surface area contributed by atoms with E-state index in [1.165, 1.54) is 36.0 Å². The summed E-state index contributed by atoms with van der Waals surface area (Å²) in [5, 5.41) is 0. The zero-order valence-electron chi connectivity index (χ0n) is 27.1. The van der Waals surface area contributed by atoms with Crippen molar-refractivity contribution in [1.82, 2.24) is 0 Å². The molecule has 0 radical (unpaired) electrons. The van der Waals surface area contributed by atoms with Gasteiger partial charge in [-0.1, -0.05) is 102 Å². The Morgan fingerprint density at radius 2 is 1.33 bits per heavy atom. The molecule has 43 heavy (non-hydrogen) atoms. The van der Waals surface area contributed by atoms with Gasteiger partial charge in [-0.05, 0) is 91.6 Å². The minimum atomic E-state index is -1.10. The van der Waals surface area contributed by atoms with E-state index in [0.717, 1.165) is 25.0 Å². The Bertz CT molecular complexity index is 1400. The quantitative estimate of drug-likeness (QED) is 0.144. The number of hydrogen-bond acceptors (Lipinski definition) is 4. The van der Waals surface area contributed by atoms with Crippen LogP contribution in [0.3, 0.4) is 0 Å². The van der Waals surface area contributed by atoms with Crippen LogP contribution in [0.4, 0.5) is 0 Å². The molecule has 1 fully saturated rings. The highest BCUT2D eigenvalue weighted by Gasteiger charge is 2.38. The van der Waals surface area contributed by atoms with E-state index in [1.54, 1.807) is 6.92 Å². The van der Waals surface area contributed by atoms with Crippen LogP contribution < -0.4 is 14.2 Å². The van der Waals surface area contributed by atoms with Crippen molar-refractivity contribution in [1.29, 1.82) is 0 Å². The third kappa shape index (κ3) is 7.82. The lowest BCUT2D eigenvalue weighted by atomic mass is 9.65. The van der Waals surface area contributed by atoms with Gasteiger partial charge in [0.2, 0.25) is 5.60 Å². The molecule has 3 aromatic carbocycles. The monoisotopic (exact) mass is 580 g/mol. The molecular formula is C39H48O4. The summed E-state index contributed by atoms with van der Waals surface area (Å²) in [4.78, 5) is 13.4. The van der Waals surface area contributed by atoms with Crippen LogP contribution in [0.2, 0.25) is 0 Å². The van der Waals surface area contributed by atoms with Crippen molar-refractivity contribution in [2.45, 2.75) is 116 Å². The highest BCUT2D eigenvalue weighted by molar-refractivity contribution is 5.81. The summed E-state index contributed by atoms with van der Waals surface area (Å²) in [5.74, 6) is 7.83. The molecule has 0 N–H and O–H groups in total. The van der Waals surface area contributed by atoms with E-state index < -0.39 is 11.6 Å². The first kappa shape index (κ1) is 32.2. The fourth-order valence-electron chi connectivity index (χ4n) is 5.83. The Morgan fingerprint density at radius 1 is 0.791 bits per heavy atom. The van der Waals surface area contributed by atoms with Gasteiger partial charge in [-0.2, -0.15) is 0 Å². The van der Waals surface area contributed by atoms with Gasteiger partial charge in [0.1, 0.15) is 17.2 Å². The van der Waals surface area contributed by atoms with E-state index in [2.05, 4.69) is 81.1 Å². The predicted molar refractivity (Wildman–Crippen MR) is 175 cm³/mol. The smallest absolute Gasteiger partial charge is 0.355 e. The molecule has 1 aliphatic carbocycles. The molecule has 4 rings (SSSR count). The number of hydrogen-bond donors (Lipinski definition) is 0. The molecule has 0 saturated heterocycles. The van der Waals surface area contributed by atoms with Gasteiger partial charge in [-0.3, -0.25) is 0 Å². The molecule has 2 atom stereocenters. The largest absolute Gasteiger partial charge is 0.478 e. The Labute approximate surface area is 259 Å². The maximum Gasteiger partial charge on any atom is 0.355 e. The SMILES string of the molecule is CCC#CC(C)Oc1ccc(C2(c3ccc(OC(=O)C(C)(CC)Oc4ccc(C(C)(C)C)cc4)cc3)CCCCC2)cc1. The lowest BCUT2D eigenvalue weighted by Gasteiger charge is -2.39. The first-order valence-corrected chi connectivity index (χ1v) is 15.9. The second-order valence-corrected chi connectivity index (χ2v) is 13.0. The Kier molecular flexibility index (Phi) is 10.3. The normalized spacial score (nSPS) is 16.6. The summed E-state index contributed by atoms with van der Waals surface area (Å²) in [5.41, 5.74) is 2.63. The molecule has 4 nitrogen and oxygen atoms in total. The zero-order chi connectivity index (χ0) is 31.1. The van der Waals surface area contributed by atoms with Gasteiger partial charge >= 0.3 is 5.97 Å². The van der Waals surface area contributed by atoms with Gasteiger partial charge in [-0.15, -0.1) is 0 Å². The van der Waals surface area contributed by atoms with Crippen LogP contribution in [-0.2, 0) is 15.6 Å². The zero-order valence-corrected chi connectivity index (χ0v) is 27.1. The van der Waals surface area contributed by atoms with Crippen LogP contribution >= 0.6 is 0 Å². The van der Waals surface area contributed by atoms with Crippen molar-refractivity contribution < 1.29 is 19.0 Å². The van der Waals surface area contributed by atoms with E-state index >= 15 is 0 Å². The van der Waals surface area contributed by atoms with Crippen molar-refractivity contribution in [3.63, 3.8) is 0 Å². The van der Waals surface area contributed by atoms with E-state index in [9.17, 15) is 4.79 Å². The van der Waals surface area contributed by atoms with Crippen LogP contribution in [0.1, 0.15) is 110 Å². The first-order chi connectivity index (χ1) is 20.5. The molecule has 1 aliphatic rings. The first-order valence-electron chi connectivity index (χ1n) is 15.9. The van der Waals surface area contributed by atoms with E-state index in [1.807, 2.05) is 45.0 Å². The number of ether oxygens (including phenoxy) is 3. The van der Waals surface area contributed by atoms with Gasteiger partial charge in [0.05, 0.1) is 0 Å². The molecule has 0 aromatic heterocycles. The predicted octanol–water partition coefficient (Wildman–Crippen LogP) is 9.57. The highest BCUT2D eigenvalue weighted by Crippen LogP contribution is 2.45. The Morgan fingerprint density at radius 3 is 1.84 bits per heavy atom. The summed E-state index contributed by atoms with van der Waals surface area (Å²) >= 11 is 0. The van der Waals surface area contributed by atoms with Gasteiger partial charge in [0.15, 0.2) is 6.10 Å². The summed E-state index contributed by atoms with van der Waals surface area (Å²) in [6.07, 6.45) is 6.95. The Hall–Kier alpha value is -3.71. The lowest BCUT2D eigenvalue weighted by molar-refractivity contribution is -0.151. The molecule has 0 aliphatic heterocycles. The average Bonchev–Trinajstić information content (AvgIpc) is 3.00. The lowest BCUT2D eigenvalue weighted by Crippen LogP contribution is -2.44. The summed E-state index contributed by atoms with van der Waals surface area (Å²) in [6, 6.07) is 24.6. The van der Waals surface area contributed by atoms with E-state index in [0.29, 0.717) is 17.9 Å². The fourth-order valence-corrected chi connectivity index (χ4v) is 5.83. The molecule has 1 saturated carbocycles. The van der Waals surface area contributed by atoms with Crippen LogP contribution in [0.5, 0.6) is 17.2 Å². The average molecular weight is 581 g/mol. The van der Waals surface area contributed by atoms with Crippen molar-refractivity contribution in [2.24, 2.45) is 0 Å². The van der Waals surface area contributed by atoms with Crippen molar-refractivity contribution >= 4 is 5.97 Å². The highest BCUT2D eigenvalue weighted by atomic mass is 16.6. The second-order valence-electron chi connectivity index (χ2n) is 13.0. The van der Waals surface area contributed by atoms with Crippen LogP contribution in [0.15, 0.2) is 72.8 Å². The number of esters is 1. The standard InChI is InChI=1S/C39H48O4/c1-8-10-14-29(3)41-33-21-17-31(18-22-33)39(27-12-11-13-28-39)32-19-23-34(24-20-32)42-36(40)38(7,9-2)43-35-25-15-30(16-26-35)37(4,5)6/h15-26,29H,8-9,11-13,27-28H2,1-7H3. The molecule has 2 unspecified atom stereocenters. The van der Waals surface area contributed by atoms with Gasteiger partial charge in [0.25, 0.3) is 0 Å².